The van der Waals surface area contributed by atoms with Gasteiger partial charge >= 0.3 is 0 Å². The summed E-state index contributed by atoms with van der Waals surface area (Å²) >= 11 is 0. The van der Waals surface area contributed by atoms with Gasteiger partial charge in [0.1, 0.15) is 5.78 Å². The molecule has 170 valence electrons. The lowest BCUT2D eigenvalue weighted by molar-refractivity contribution is -0.140. The van der Waals surface area contributed by atoms with Crippen LogP contribution in [0, 0.1) is 0 Å². The number of amides is 1. The summed E-state index contributed by atoms with van der Waals surface area (Å²) < 4.78 is 0. The van der Waals surface area contributed by atoms with E-state index in [0.29, 0.717) is 18.6 Å². The zero-order valence-corrected chi connectivity index (χ0v) is 19.3. The first-order valence-electron chi connectivity index (χ1n) is 12.7. The topological polar surface area (TPSA) is 40.6 Å². The van der Waals surface area contributed by atoms with Crippen molar-refractivity contribution in [1.29, 1.82) is 0 Å². The van der Waals surface area contributed by atoms with E-state index in [2.05, 4.69) is 21.9 Å². The second-order valence-electron chi connectivity index (χ2n) is 10.2. The van der Waals surface area contributed by atoms with Crippen LogP contribution < -0.4 is 0 Å². The number of nitrogens with zero attached hydrogens (tertiary/aromatic N) is 2. The van der Waals surface area contributed by atoms with Crippen molar-refractivity contribution >= 4 is 11.7 Å². The zero-order valence-electron chi connectivity index (χ0n) is 19.3. The van der Waals surface area contributed by atoms with Crippen molar-refractivity contribution in [1.82, 2.24) is 9.80 Å². The van der Waals surface area contributed by atoms with Crippen molar-refractivity contribution in [3.63, 3.8) is 0 Å². The van der Waals surface area contributed by atoms with Gasteiger partial charge in [-0.25, -0.2) is 0 Å². The van der Waals surface area contributed by atoms with E-state index in [-0.39, 0.29) is 24.2 Å². The van der Waals surface area contributed by atoms with Gasteiger partial charge in [-0.2, -0.15) is 0 Å². The Bertz CT molecular complexity index is 712. The summed E-state index contributed by atoms with van der Waals surface area (Å²) in [5.74, 6) is -0.0194. The average molecular weight is 425 g/mol. The van der Waals surface area contributed by atoms with Gasteiger partial charge in [-0.1, -0.05) is 68.9 Å². The van der Waals surface area contributed by atoms with Crippen LogP contribution in [-0.4, -0.2) is 45.7 Å². The van der Waals surface area contributed by atoms with E-state index >= 15 is 0 Å². The number of Topliss-reactive ketones (excluding diaryl/α,β-unsaturated/α-hetero) is 1. The number of rotatable bonds is 6. The van der Waals surface area contributed by atoms with Crippen molar-refractivity contribution in [2.24, 2.45) is 0 Å². The van der Waals surface area contributed by atoms with Crippen LogP contribution >= 0.6 is 0 Å². The monoisotopic (exact) mass is 424 g/mol. The predicted molar refractivity (Wildman–Crippen MR) is 125 cm³/mol. The summed E-state index contributed by atoms with van der Waals surface area (Å²) in [6.45, 7) is 2.16. The molecule has 1 saturated carbocycles. The Hall–Kier alpha value is -1.68. The molecule has 1 aromatic rings. The third-order valence-corrected chi connectivity index (χ3v) is 7.86. The molecule has 2 bridgehead atoms. The largest absolute Gasteiger partial charge is 0.335 e. The van der Waals surface area contributed by atoms with E-state index in [1.54, 1.807) is 0 Å². The molecule has 2 aliphatic heterocycles. The summed E-state index contributed by atoms with van der Waals surface area (Å²) in [6, 6.07) is 12.5. The Morgan fingerprint density at radius 1 is 0.839 bits per heavy atom. The molecular weight excluding hydrogens is 384 g/mol. The lowest BCUT2D eigenvalue weighted by Crippen LogP contribution is -2.60. The van der Waals surface area contributed by atoms with Gasteiger partial charge in [0.25, 0.3) is 0 Å². The van der Waals surface area contributed by atoms with Crippen LogP contribution in [0.1, 0.15) is 96.0 Å². The van der Waals surface area contributed by atoms with E-state index in [1.807, 2.05) is 18.2 Å². The number of ketones is 1. The Balaban J connectivity index is 1.51. The molecule has 0 N–H and O–H groups in total. The van der Waals surface area contributed by atoms with Crippen LogP contribution in [0.3, 0.4) is 0 Å². The molecule has 3 fully saturated rings. The molecule has 3 atom stereocenters. The molecule has 0 spiro atoms. The van der Waals surface area contributed by atoms with E-state index in [4.69, 9.17) is 0 Å². The maximum atomic E-state index is 13.1. The lowest BCUT2D eigenvalue weighted by atomic mass is 9.78. The normalized spacial score (nSPS) is 27.8. The van der Waals surface area contributed by atoms with Crippen molar-refractivity contribution in [3.05, 3.63) is 35.9 Å². The maximum absolute atomic E-state index is 13.1. The van der Waals surface area contributed by atoms with Crippen molar-refractivity contribution in [3.8, 4) is 0 Å². The first-order valence-corrected chi connectivity index (χ1v) is 12.7. The molecule has 1 aliphatic carbocycles. The van der Waals surface area contributed by atoms with Gasteiger partial charge in [-0.3, -0.25) is 14.5 Å². The van der Waals surface area contributed by atoms with Gasteiger partial charge in [-0.15, -0.1) is 0 Å². The van der Waals surface area contributed by atoms with Gasteiger partial charge in [0.05, 0.1) is 6.42 Å². The lowest BCUT2D eigenvalue weighted by Gasteiger charge is -2.54. The van der Waals surface area contributed by atoms with E-state index in [1.165, 1.54) is 71.1 Å². The van der Waals surface area contributed by atoms with Crippen molar-refractivity contribution in [2.75, 3.05) is 0 Å². The molecular formula is C27H40N2O2. The van der Waals surface area contributed by atoms with Crippen LogP contribution in [0.5, 0.6) is 0 Å². The smallest absolute Gasteiger partial charge is 0.230 e. The highest BCUT2D eigenvalue weighted by atomic mass is 16.2. The number of piperidine rings is 2. The molecule has 4 nitrogen and oxygen atoms in total. The molecule has 4 rings (SSSR count). The van der Waals surface area contributed by atoms with Crippen LogP contribution in [0.2, 0.25) is 0 Å². The second kappa shape index (κ2) is 10.8. The number of benzene rings is 1. The van der Waals surface area contributed by atoms with Gasteiger partial charge in [0.15, 0.2) is 0 Å². The highest BCUT2D eigenvalue weighted by Gasteiger charge is 2.43. The Kier molecular flexibility index (Phi) is 7.81. The number of hydrogen-bond donors (Lipinski definition) is 0. The fourth-order valence-electron chi connectivity index (χ4n) is 6.49. The second-order valence-corrected chi connectivity index (χ2v) is 10.2. The Morgan fingerprint density at radius 3 is 2.03 bits per heavy atom. The third-order valence-electron chi connectivity index (χ3n) is 7.86. The van der Waals surface area contributed by atoms with Crippen molar-refractivity contribution in [2.45, 2.75) is 121 Å². The van der Waals surface area contributed by atoms with Crippen LogP contribution in [-0.2, 0) is 16.1 Å². The first-order chi connectivity index (χ1) is 15.1. The van der Waals surface area contributed by atoms with Gasteiger partial charge in [0.2, 0.25) is 5.91 Å². The third kappa shape index (κ3) is 5.77. The first kappa shape index (κ1) is 22.5. The number of fused-ring (bicyclic) bond motifs is 2. The van der Waals surface area contributed by atoms with Crippen LogP contribution in [0.25, 0.3) is 0 Å². The SMILES string of the molecule is CC(=O)CC(=O)N(Cc1ccccc1)C1C[C@H]2CCC[C@@H](C1)N2C1CCCCCCC1. The van der Waals surface area contributed by atoms with E-state index in [9.17, 15) is 9.59 Å². The number of carbonyl (C=O) groups is 2. The molecule has 31 heavy (non-hydrogen) atoms. The summed E-state index contributed by atoms with van der Waals surface area (Å²) in [5.41, 5.74) is 1.16. The summed E-state index contributed by atoms with van der Waals surface area (Å²) in [5, 5.41) is 0. The predicted octanol–water partition coefficient (Wildman–Crippen LogP) is 5.49. The Labute approximate surface area is 188 Å². The van der Waals surface area contributed by atoms with Crippen LogP contribution in [0.4, 0.5) is 0 Å². The Morgan fingerprint density at radius 2 is 1.42 bits per heavy atom. The molecule has 3 aliphatic rings. The summed E-state index contributed by atoms with van der Waals surface area (Å²) in [7, 11) is 0. The molecule has 1 unspecified atom stereocenters. The van der Waals surface area contributed by atoms with E-state index < -0.39 is 0 Å². The minimum Gasteiger partial charge on any atom is -0.335 e. The highest BCUT2D eigenvalue weighted by Crippen LogP contribution is 2.40. The molecule has 0 aromatic heterocycles. The zero-order chi connectivity index (χ0) is 21.6. The molecule has 2 heterocycles. The number of hydrogen-bond acceptors (Lipinski definition) is 3. The molecule has 1 aromatic carbocycles. The molecule has 2 saturated heterocycles. The van der Waals surface area contributed by atoms with Gasteiger partial charge in [-0.05, 0) is 51.0 Å². The fraction of sp³-hybridized carbons (Fsp3) is 0.704. The quantitative estimate of drug-likeness (QED) is 0.567. The summed E-state index contributed by atoms with van der Waals surface area (Å²) in [6.07, 6.45) is 15.7. The molecule has 4 heteroatoms. The van der Waals surface area contributed by atoms with Crippen LogP contribution in [0.15, 0.2) is 30.3 Å². The maximum Gasteiger partial charge on any atom is 0.230 e. The van der Waals surface area contributed by atoms with Crippen molar-refractivity contribution < 1.29 is 9.59 Å². The molecule has 0 radical (unpaired) electrons. The standard InChI is InChI=1S/C27H40N2O2/c1-21(30)17-27(31)28(20-22-11-6-5-7-12-22)26-18-24-15-10-16-25(19-26)29(24)23-13-8-3-2-4-9-14-23/h5-7,11-12,23-26H,2-4,8-10,13-20H2,1H3/t24-,25+,26?. The van der Waals surface area contributed by atoms with Gasteiger partial charge < -0.3 is 4.90 Å². The summed E-state index contributed by atoms with van der Waals surface area (Å²) in [4.78, 5) is 29.8. The van der Waals surface area contributed by atoms with E-state index in [0.717, 1.165) is 24.4 Å². The average Bonchev–Trinajstić information content (AvgIpc) is 2.71. The number of carbonyl (C=O) groups excluding carboxylic acids is 2. The minimum absolute atomic E-state index is 0.0128. The van der Waals surface area contributed by atoms with Gasteiger partial charge in [0, 0.05) is 30.7 Å². The highest BCUT2D eigenvalue weighted by molar-refractivity contribution is 5.96. The fourth-order valence-corrected chi connectivity index (χ4v) is 6.49. The molecule has 1 amide bonds. The minimum atomic E-state index is -0.0322.